The number of carbonyl (C=O) groups excluding carboxylic acids is 1. The Labute approximate surface area is 140 Å². The van der Waals surface area contributed by atoms with Crippen molar-refractivity contribution in [3.05, 3.63) is 33.3 Å². The molecule has 116 valence electrons. The number of nitrogens with zero attached hydrogens (tertiary/aromatic N) is 1. The number of hydrogen-bond donors (Lipinski definition) is 1. The number of carbonyl (C=O) groups is 1. The summed E-state index contributed by atoms with van der Waals surface area (Å²) >= 11 is 9.54. The van der Waals surface area contributed by atoms with Gasteiger partial charge in [0, 0.05) is 16.6 Å². The molecule has 1 amide bonds. The Morgan fingerprint density at radius 2 is 2.00 bits per heavy atom. The van der Waals surface area contributed by atoms with E-state index < -0.39 is 0 Å². The van der Waals surface area contributed by atoms with Crippen LogP contribution in [0.4, 0.5) is 0 Å². The standard InChI is InChI=1S/C16H22BrClN2O/c1-20(2)16(9-4-3-5-10-16)11-19-15(21)12-7-6-8-13(17)14(12)18/h6-8H,3-5,9-11H2,1-2H3,(H,19,21). The molecule has 1 aliphatic carbocycles. The normalized spacial score (nSPS) is 17.8. The number of benzene rings is 1. The third kappa shape index (κ3) is 3.79. The van der Waals surface area contributed by atoms with Gasteiger partial charge in [0.25, 0.3) is 5.91 Å². The summed E-state index contributed by atoms with van der Waals surface area (Å²) in [5, 5.41) is 3.54. The summed E-state index contributed by atoms with van der Waals surface area (Å²) in [6, 6.07) is 5.42. The molecule has 1 aliphatic rings. The fourth-order valence-corrected chi connectivity index (χ4v) is 3.59. The summed E-state index contributed by atoms with van der Waals surface area (Å²) in [7, 11) is 4.20. The number of hydrogen-bond acceptors (Lipinski definition) is 2. The molecule has 0 bridgehead atoms. The minimum absolute atomic E-state index is 0.0758. The van der Waals surface area contributed by atoms with E-state index in [2.05, 4.69) is 40.2 Å². The van der Waals surface area contributed by atoms with E-state index in [9.17, 15) is 4.79 Å². The van der Waals surface area contributed by atoms with Crippen molar-refractivity contribution in [2.75, 3.05) is 20.6 Å². The van der Waals surface area contributed by atoms with E-state index in [1.807, 2.05) is 12.1 Å². The molecule has 0 saturated heterocycles. The molecule has 1 aromatic carbocycles. The Bertz CT molecular complexity index is 513. The van der Waals surface area contributed by atoms with Crippen molar-refractivity contribution in [1.82, 2.24) is 10.2 Å². The molecular formula is C16H22BrClN2O. The lowest BCUT2D eigenvalue weighted by Gasteiger charge is -2.43. The van der Waals surface area contributed by atoms with Gasteiger partial charge in [-0.2, -0.15) is 0 Å². The highest BCUT2D eigenvalue weighted by molar-refractivity contribution is 9.10. The third-order valence-electron chi connectivity index (χ3n) is 4.51. The molecule has 1 N–H and O–H groups in total. The van der Waals surface area contributed by atoms with Gasteiger partial charge in [-0.3, -0.25) is 4.79 Å². The number of likely N-dealkylation sites (N-methyl/N-ethyl adjacent to an activating group) is 1. The zero-order valence-electron chi connectivity index (χ0n) is 12.6. The number of halogens is 2. The Morgan fingerprint density at radius 3 is 2.62 bits per heavy atom. The summed E-state index contributed by atoms with van der Waals surface area (Å²) in [6.07, 6.45) is 6.01. The molecule has 0 spiro atoms. The smallest absolute Gasteiger partial charge is 0.252 e. The van der Waals surface area contributed by atoms with E-state index in [0.29, 0.717) is 17.1 Å². The third-order valence-corrected chi connectivity index (χ3v) is 5.80. The van der Waals surface area contributed by atoms with Gasteiger partial charge in [0.15, 0.2) is 0 Å². The molecule has 1 aromatic rings. The summed E-state index contributed by atoms with van der Waals surface area (Å²) in [5.41, 5.74) is 0.600. The Kier molecular flexibility index (Phi) is 5.69. The predicted octanol–water partition coefficient (Wildman–Crippen LogP) is 4.10. The maximum absolute atomic E-state index is 12.4. The van der Waals surface area contributed by atoms with Crippen LogP contribution in [-0.4, -0.2) is 37.0 Å². The highest BCUT2D eigenvalue weighted by Crippen LogP contribution is 2.32. The lowest BCUT2D eigenvalue weighted by atomic mass is 9.80. The van der Waals surface area contributed by atoms with Crippen LogP contribution in [-0.2, 0) is 0 Å². The molecule has 2 rings (SSSR count). The molecular weight excluding hydrogens is 352 g/mol. The average Bonchev–Trinajstić information content (AvgIpc) is 2.48. The van der Waals surface area contributed by atoms with Crippen LogP contribution >= 0.6 is 27.5 Å². The molecule has 0 unspecified atom stereocenters. The van der Waals surface area contributed by atoms with Crippen LogP contribution in [0, 0.1) is 0 Å². The fourth-order valence-electron chi connectivity index (χ4n) is 3.01. The van der Waals surface area contributed by atoms with E-state index in [1.54, 1.807) is 6.07 Å². The maximum atomic E-state index is 12.4. The van der Waals surface area contributed by atoms with Crippen LogP contribution in [0.3, 0.4) is 0 Å². The van der Waals surface area contributed by atoms with Crippen molar-refractivity contribution < 1.29 is 4.79 Å². The quantitative estimate of drug-likeness (QED) is 0.862. The number of amides is 1. The van der Waals surface area contributed by atoms with Gasteiger partial charge in [-0.15, -0.1) is 0 Å². The van der Waals surface area contributed by atoms with Gasteiger partial charge >= 0.3 is 0 Å². The summed E-state index contributed by atoms with van der Waals surface area (Å²) in [4.78, 5) is 14.6. The van der Waals surface area contributed by atoms with Gasteiger partial charge in [-0.25, -0.2) is 0 Å². The summed E-state index contributed by atoms with van der Waals surface area (Å²) in [6.45, 7) is 0.668. The second-order valence-electron chi connectivity index (χ2n) is 5.96. The SMILES string of the molecule is CN(C)C1(CNC(=O)c2cccc(Br)c2Cl)CCCCC1. The van der Waals surface area contributed by atoms with E-state index in [1.165, 1.54) is 19.3 Å². The lowest BCUT2D eigenvalue weighted by Crippen LogP contribution is -2.53. The molecule has 0 atom stereocenters. The van der Waals surface area contributed by atoms with E-state index in [0.717, 1.165) is 17.3 Å². The first-order chi connectivity index (χ1) is 9.96. The van der Waals surface area contributed by atoms with E-state index in [-0.39, 0.29) is 11.4 Å². The topological polar surface area (TPSA) is 32.3 Å². The first kappa shape index (κ1) is 16.8. The first-order valence-electron chi connectivity index (χ1n) is 7.36. The Hall–Kier alpha value is -0.580. The second kappa shape index (κ2) is 7.12. The van der Waals surface area contributed by atoms with Gasteiger partial charge in [-0.1, -0.05) is 36.9 Å². The van der Waals surface area contributed by atoms with Crippen molar-refractivity contribution in [2.24, 2.45) is 0 Å². The minimum Gasteiger partial charge on any atom is -0.350 e. The van der Waals surface area contributed by atoms with Crippen molar-refractivity contribution in [3.8, 4) is 0 Å². The predicted molar refractivity (Wildman–Crippen MR) is 91.0 cm³/mol. The zero-order valence-corrected chi connectivity index (χ0v) is 14.9. The van der Waals surface area contributed by atoms with Crippen LogP contribution in [0.15, 0.2) is 22.7 Å². The van der Waals surface area contributed by atoms with Gasteiger partial charge in [0.1, 0.15) is 0 Å². The van der Waals surface area contributed by atoms with E-state index >= 15 is 0 Å². The maximum Gasteiger partial charge on any atom is 0.252 e. The van der Waals surface area contributed by atoms with E-state index in [4.69, 9.17) is 11.6 Å². The van der Waals surface area contributed by atoms with Crippen molar-refractivity contribution in [1.29, 1.82) is 0 Å². The van der Waals surface area contributed by atoms with Crippen molar-refractivity contribution >= 4 is 33.4 Å². The molecule has 5 heteroatoms. The first-order valence-corrected chi connectivity index (χ1v) is 8.53. The minimum atomic E-state index is -0.104. The molecule has 21 heavy (non-hydrogen) atoms. The van der Waals surface area contributed by atoms with Crippen LogP contribution in [0.5, 0.6) is 0 Å². The average molecular weight is 374 g/mol. The number of rotatable bonds is 4. The fraction of sp³-hybridized carbons (Fsp3) is 0.562. The van der Waals surface area contributed by atoms with Crippen molar-refractivity contribution in [2.45, 2.75) is 37.6 Å². The van der Waals surface area contributed by atoms with Gasteiger partial charge in [0.05, 0.1) is 10.6 Å². The Balaban J connectivity index is 2.07. The second-order valence-corrected chi connectivity index (χ2v) is 7.20. The molecule has 1 fully saturated rings. The summed E-state index contributed by atoms with van der Waals surface area (Å²) < 4.78 is 0.747. The molecule has 1 saturated carbocycles. The number of nitrogens with one attached hydrogen (secondary N) is 1. The van der Waals surface area contributed by atoms with Crippen LogP contribution in [0.25, 0.3) is 0 Å². The zero-order chi connectivity index (χ0) is 15.5. The largest absolute Gasteiger partial charge is 0.350 e. The van der Waals surface area contributed by atoms with Crippen LogP contribution < -0.4 is 5.32 Å². The molecule has 0 heterocycles. The van der Waals surface area contributed by atoms with Gasteiger partial charge < -0.3 is 10.2 Å². The molecule has 3 nitrogen and oxygen atoms in total. The lowest BCUT2D eigenvalue weighted by molar-refractivity contribution is 0.0799. The Morgan fingerprint density at radius 1 is 1.33 bits per heavy atom. The molecule has 0 aromatic heterocycles. The molecule has 0 aliphatic heterocycles. The highest BCUT2D eigenvalue weighted by atomic mass is 79.9. The monoisotopic (exact) mass is 372 g/mol. The van der Waals surface area contributed by atoms with Gasteiger partial charge in [0.2, 0.25) is 0 Å². The van der Waals surface area contributed by atoms with Crippen LogP contribution in [0.1, 0.15) is 42.5 Å². The molecule has 0 radical (unpaired) electrons. The van der Waals surface area contributed by atoms with Gasteiger partial charge in [-0.05, 0) is 55.0 Å². The van der Waals surface area contributed by atoms with Crippen molar-refractivity contribution in [3.63, 3.8) is 0 Å². The summed E-state index contributed by atoms with van der Waals surface area (Å²) in [5.74, 6) is -0.104. The highest BCUT2D eigenvalue weighted by Gasteiger charge is 2.34. The van der Waals surface area contributed by atoms with Crippen LogP contribution in [0.2, 0.25) is 5.02 Å².